The number of rotatable bonds is 6. The first-order chi connectivity index (χ1) is 10.8. The fourth-order valence-electron chi connectivity index (χ4n) is 2.13. The third kappa shape index (κ3) is 4.13. The van der Waals surface area contributed by atoms with Gasteiger partial charge in [0.1, 0.15) is 17.3 Å². The molecule has 124 valence electrons. The van der Waals surface area contributed by atoms with Gasteiger partial charge in [-0.3, -0.25) is 4.31 Å². The first-order valence-corrected chi connectivity index (χ1v) is 8.64. The summed E-state index contributed by atoms with van der Waals surface area (Å²) >= 11 is 0. The summed E-state index contributed by atoms with van der Waals surface area (Å²) in [6.45, 7) is 0.0582. The zero-order valence-electron chi connectivity index (χ0n) is 13.1. The predicted molar refractivity (Wildman–Crippen MR) is 87.0 cm³/mol. The summed E-state index contributed by atoms with van der Waals surface area (Å²) in [5.41, 5.74) is 1.01. The first kappa shape index (κ1) is 17.1. The highest BCUT2D eigenvalue weighted by Crippen LogP contribution is 2.34. The summed E-state index contributed by atoms with van der Waals surface area (Å²) in [4.78, 5) is 0. The molecule has 0 saturated heterocycles. The van der Waals surface area contributed by atoms with E-state index in [2.05, 4.69) is 0 Å². The normalized spacial score (nSPS) is 11.1. The molecule has 0 aliphatic rings. The van der Waals surface area contributed by atoms with E-state index in [4.69, 9.17) is 9.47 Å². The number of ether oxygens (including phenoxy) is 2. The molecule has 0 atom stereocenters. The molecule has 0 N–H and O–H groups in total. The largest absolute Gasteiger partial charge is 0.497 e. The lowest BCUT2D eigenvalue weighted by atomic mass is 10.2. The van der Waals surface area contributed by atoms with Crippen molar-refractivity contribution in [1.29, 1.82) is 0 Å². The van der Waals surface area contributed by atoms with Crippen LogP contribution in [0.15, 0.2) is 42.5 Å². The lowest BCUT2D eigenvalue weighted by Crippen LogP contribution is -2.29. The van der Waals surface area contributed by atoms with Gasteiger partial charge in [0, 0.05) is 6.07 Å². The van der Waals surface area contributed by atoms with E-state index in [1.165, 1.54) is 30.7 Å². The zero-order chi connectivity index (χ0) is 17.0. The van der Waals surface area contributed by atoms with Gasteiger partial charge in [0.05, 0.1) is 32.7 Å². The van der Waals surface area contributed by atoms with Crippen LogP contribution in [0.5, 0.6) is 11.5 Å². The Hall–Kier alpha value is -2.28. The van der Waals surface area contributed by atoms with E-state index in [9.17, 15) is 12.8 Å². The van der Waals surface area contributed by atoms with Crippen LogP contribution in [0.4, 0.5) is 10.1 Å². The molecule has 0 saturated carbocycles. The summed E-state index contributed by atoms with van der Waals surface area (Å²) in [5.74, 6) is 0.533. The Bertz CT molecular complexity index is 775. The maximum Gasteiger partial charge on any atom is 0.232 e. The van der Waals surface area contributed by atoms with Crippen LogP contribution >= 0.6 is 0 Å². The molecule has 0 heterocycles. The number of methoxy groups -OCH3 is 2. The second-order valence-electron chi connectivity index (χ2n) is 4.93. The molecule has 0 spiro atoms. The fraction of sp³-hybridized carbons (Fsp3) is 0.250. The van der Waals surface area contributed by atoms with Crippen LogP contribution in [0.2, 0.25) is 0 Å². The molecule has 7 heteroatoms. The van der Waals surface area contributed by atoms with Crippen molar-refractivity contribution in [3.8, 4) is 11.5 Å². The number of hydrogen-bond acceptors (Lipinski definition) is 4. The van der Waals surface area contributed by atoms with Gasteiger partial charge in [-0.2, -0.15) is 0 Å². The van der Waals surface area contributed by atoms with Gasteiger partial charge in [0.25, 0.3) is 0 Å². The van der Waals surface area contributed by atoms with Crippen molar-refractivity contribution in [2.75, 3.05) is 24.8 Å². The summed E-state index contributed by atoms with van der Waals surface area (Å²) in [6.07, 6.45) is 1.11. The summed E-state index contributed by atoms with van der Waals surface area (Å²) in [7, 11) is -0.621. The lowest BCUT2D eigenvalue weighted by molar-refractivity contribution is 0.403. The topological polar surface area (TPSA) is 55.8 Å². The quantitative estimate of drug-likeness (QED) is 0.812. The van der Waals surface area contributed by atoms with Crippen molar-refractivity contribution in [2.24, 2.45) is 0 Å². The minimum Gasteiger partial charge on any atom is -0.497 e. The standard InChI is InChI=1S/C16H18FNO4S/c1-21-14-8-9-16(22-2)15(10-14)18(23(3,19)20)11-12-4-6-13(17)7-5-12/h4-10H,11H2,1-3H3. The van der Waals surface area contributed by atoms with Crippen LogP contribution in [0.1, 0.15) is 5.56 Å². The minimum absolute atomic E-state index is 0.0582. The third-order valence-electron chi connectivity index (χ3n) is 3.29. The Balaban J connectivity index is 2.49. The monoisotopic (exact) mass is 339 g/mol. The first-order valence-electron chi connectivity index (χ1n) is 6.79. The highest BCUT2D eigenvalue weighted by atomic mass is 32.2. The minimum atomic E-state index is -3.58. The number of benzene rings is 2. The fourth-order valence-corrected chi connectivity index (χ4v) is 3.01. The highest BCUT2D eigenvalue weighted by Gasteiger charge is 2.22. The Morgan fingerprint density at radius 3 is 2.22 bits per heavy atom. The Morgan fingerprint density at radius 1 is 1.04 bits per heavy atom. The molecule has 0 fully saturated rings. The molecule has 2 aromatic carbocycles. The molecule has 0 radical (unpaired) electrons. The van der Waals surface area contributed by atoms with Crippen LogP contribution in [0.25, 0.3) is 0 Å². The van der Waals surface area contributed by atoms with Gasteiger partial charge in [-0.1, -0.05) is 12.1 Å². The summed E-state index contributed by atoms with van der Waals surface area (Å²) in [5, 5.41) is 0. The average molecular weight is 339 g/mol. The van der Waals surface area contributed by atoms with Gasteiger partial charge in [-0.05, 0) is 29.8 Å². The molecule has 0 bridgehead atoms. The third-order valence-corrected chi connectivity index (χ3v) is 4.42. The van der Waals surface area contributed by atoms with Crippen molar-refractivity contribution >= 4 is 15.7 Å². The van der Waals surface area contributed by atoms with Crippen LogP contribution < -0.4 is 13.8 Å². The molecule has 2 aromatic rings. The van der Waals surface area contributed by atoms with E-state index in [0.29, 0.717) is 22.7 Å². The van der Waals surface area contributed by atoms with E-state index >= 15 is 0 Å². The number of anilines is 1. The molecule has 5 nitrogen and oxygen atoms in total. The Labute approximate surface area is 135 Å². The number of nitrogens with zero attached hydrogens (tertiary/aromatic N) is 1. The van der Waals surface area contributed by atoms with E-state index in [-0.39, 0.29) is 12.4 Å². The van der Waals surface area contributed by atoms with Gasteiger partial charge >= 0.3 is 0 Å². The van der Waals surface area contributed by atoms with E-state index < -0.39 is 10.0 Å². The molecule has 0 aliphatic carbocycles. The van der Waals surface area contributed by atoms with Gasteiger partial charge < -0.3 is 9.47 Å². The van der Waals surface area contributed by atoms with Crippen molar-refractivity contribution < 1.29 is 22.3 Å². The van der Waals surface area contributed by atoms with Gasteiger partial charge in [-0.25, -0.2) is 12.8 Å². The Morgan fingerprint density at radius 2 is 1.70 bits per heavy atom. The molecule has 0 aliphatic heterocycles. The average Bonchev–Trinajstić information content (AvgIpc) is 2.52. The number of halogens is 1. The van der Waals surface area contributed by atoms with Crippen LogP contribution in [-0.2, 0) is 16.6 Å². The van der Waals surface area contributed by atoms with Crippen LogP contribution in [-0.4, -0.2) is 28.9 Å². The maximum atomic E-state index is 13.0. The van der Waals surface area contributed by atoms with Gasteiger partial charge in [0.15, 0.2) is 0 Å². The number of sulfonamides is 1. The summed E-state index contributed by atoms with van der Waals surface area (Å²) < 4.78 is 49.1. The van der Waals surface area contributed by atoms with E-state index in [1.807, 2.05) is 0 Å². The zero-order valence-corrected chi connectivity index (χ0v) is 13.9. The molecular weight excluding hydrogens is 321 g/mol. The van der Waals surface area contributed by atoms with Crippen molar-refractivity contribution in [3.05, 3.63) is 53.8 Å². The molecule has 23 heavy (non-hydrogen) atoms. The van der Waals surface area contributed by atoms with E-state index in [1.54, 1.807) is 30.3 Å². The number of hydrogen-bond donors (Lipinski definition) is 0. The maximum absolute atomic E-state index is 13.0. The molecule has 0 aromatic heterocycles. The second-order valence-corrected chi connectivity index (χ2v) is 6.84. The van der Waals surface area contributed by atoms with Crippen LogP contribution in [0, 0.1) is 5.82 Å². The van der Waals surface area contributed by atoms with Gasteiger partial charge in [-0.15, -0.1) is 0 Å². The molecule has 2 rings (SSSR count). The van der Waals surface area contributed by atoms with E-state index in [0.717, 1.165) is 6.26 Å². The van der Waals surface area contributed by atoms with Crippen molar-refractivity contribution in [3.63, 3.8) is 0 Å². The SMILES string of the molecule is COc1ccc(OC)c(N(Cc2ccc(F)cc2)S(C)(=O)=O)c1. The predicted octanol–water partition coefficient (Wildman–Crippen LogP) is 2.81. The highest BCUT2D eigenvalue weighted by molar-refractivity contribution is 7.92. The van der Waals surface area contributed by atoms with Crippen LogP contribution in [0.3, 0.4) is 0 Å². The smallest absolute Gasteiger partial charge is 0.232 e. The lowest BCUT2D eigenvalue weighted by Gasteiger charge is -2.24. The summed E-state index contributed by atoms with van der Waals surface area (Å²) in [6, 6.07) is 10.6. The van der Waals surface area contributed by atoms with Crippen molar-refractivity contribution in [1.82, 2.24) is 0 Å². The molecule has 0 amide bonds. The van der Waals surface area contributed by atoms with Crippen molar-refractivity contribution in [2.45, 2.75) is 6.54 Å². The Kier molecular flexibility index (Phi) is 5.10. The molecule has 0 unspecified atom stereocenters. The molecular formula is C16H18FNO4S. The second kappa shape index (κ2) is 6.87. The van der Waals surface area contributed by atoms with Gasteiger partial charge in [0.2, 0.25) is 10.0 Å².